The van der Waals surface area contributed by atoms with E-state index >= 15 is 0 Å². The number of benzene rings is 1. The standard InChI is InChI=1S/C16H22O3/c1-3-12(2)16(14-9-10-15(17)19-14)18-11-13-7-5-4-6-8-13/h4-8,12,14,16H,3,9-11H2,1-2H3/t12-,14+,16-/m1/s1. The molecule has 2 rings (SSSR count). The predicted octanol–water partition coefficient (Wildman–Crippen LogP) is 3.32. The minimum atomic E-state index is -0.0957. The second-order valence-corrected chi connectivity index (χ2v) is 5.21. The maximum Gasteiger partial charge on any atom is 0.306 e. The number of rotatable bonds is 6. The van der Waals surface area contributed by atoms with Gasteiger partial charge in [0.2, 0.25) is 0 Å². The Bertz CT molecular complexity index is 402. The van der Waals surface area contributed by atoms with Crippen LogP contribution in [0.2, 0.25) is 0 Å². The number of carbonyl (C=O) groups excluding carboxylic acids is 1. The second-order valence-electron chi connectivity index (χ2n) is 5.21. The highest BCUT2D eigenvalue weighted by Gasteiger charge is 2.34. The Labute approximate surface area is 114 Å². The van der Waals surface area contributed by atoms with Crippen LogP contribution in [-0.4, -0.2) is 18.2 Å². The summed E-state index contributed by atoms with van der Waals surface area (Å²) in [5, 5.41) is 0. The maximum atomic E-state index is 11.3. The molecule has 1 aliphatic rings. The molecule has 104 valence electrons. The number of hydrogen-bond donors (Lipinski definition) is 0. The number of cyclic esters (lactones) is 1. The fourth-order valence-electron chi connectivity index (χ4n) is 2.42. The molecule has 0 bridgehead atoms. The van der Waals surface area contributed by atoms with Crippen molar-refractivity contribution in [2.24, 2.45) is 5.92 Å². The number of ether oxygens (including phenoxy) is 2. The second kappa shape index (κ2) is 6.71. The van der Waals surface area contributed by atoms with Gasteiger partial charge in [0.1, 0.15) is 6.10 Å². The van der Waals surface area contributed by atoms with E-state index in [1.54, 1.807) is 0 Å². The molecule has 3 heteroatoms. The van der Waals surface area contributed by atoms with Gasteiger partial charge in [-0.2, -0.15) is 0 Å². The first kappa shape index (κ1) is 14.1. The van der Waals surface area contributed by atoms with Crippen molar-refractivity contribution in [3.63, 3.8) is 0 Å². The van der Waals surface area contributed by atoms with Gasteiger partial charge in [0.25, 0.3) is 0 Å². The Morgan fingerprint density at radius 2 is 2.11 bits per heavy atom. The zero-order chi connectivity index (χ0) is 13.7. The van der Waals surface area contributed by atoms with E-state index in [-0.39, 0.29) is 18.2 Å². The predicted molar refractivity (Wildman–Crippen MR) is 73.6 cm³/mol. The molecule has 1 aromatic carbocycles. The quantitative estimate of drug-likeness (QED) is 0.738. The lowest BCUT2D eigenvalue weighted by Crippen LogP contribution is -2.34. The van der Waals surface area contributed by atoms with Crippen molar-refractivity contribution in [3.05, 3.63) is 35.9 Å². The molecule has 0 N–H and O–H groups in total. The Balaban J connectivity index is 1.96. The van der Waals surface area contributed by atoms with Crippen molar-refractivity contribution in [2.75, 3.05) is 0 Å². The lowest BCUT2D eigenvalue weighted by atomic mass is 9.95. The molecule has 3 atom stereocenters. The van der Waals surface area contributed by atoms with Crippen molar-refractivity contribution < 1.29 is 14.3 Å². The van der Waals surface area contributed by atoms with Crippen LogP contribution in [0.4, 0.5) is 0 Å². The first-order valence-corrected chi connectivity index (χ1v) is 7.05. The average molecular weight is 262 g/mol. The minimum absolute atomic E-state index is 0.00310. The molecule has 1 fully saturated rings. The molecule has 1 heterocycles. The van der Waals surface area contributed by atoms with E-state index in [2.05, 4.69) is 13.8 Å². The molecule has 0 amide bonds. The fourth-order valence-corrected chi connectivity index (χ4v) is 2.42. The van der Waals surface area contributed by atoms with Crippen molar-refractivity contribution in [1.29, 1.82) is 0 Å². The van der Waals surface area contributed by atoms with Crippen LogP contribution in [0.3, 0.4) is 0 Å². The van der Waals surface area contributed by atoms with Gasteiger partial charge in [0.05, 0.1) is 12.7 Å². The highest BCUT2D eigenvalue weighted by molar-refractivity contribution is 5.71. The summed E-state index contributed by atoms with van der Waals surface area (Å²) in [6.07, 6.45) is 2.24. The molecular formula is C16H22O3. The monoisotopic (exact) mass is 262 g/mol. The van der Waals surface area contributed by atoms with E-state index < -0.39 is 0 Å². The molecule has 0 aromatic heterocycles. The molecule has 0 aliphatic carbocycles. The highest BCUT2D eigenvalue weighted by Crippen LogP contribution is 2.26. The Hall–Kier alpha value is -1.35. The van der Waals surface area contributed by atoms with Crippen LogP contribution in [0.1, 0.15) is 38.7 Å². The number of carbonyl (C=O) groups is 1. The van der Waals surface area contributed by atoms with Gasteiger partial charge in [-0.1, -0.05) is 50.6 Å². The van der Waals surface area contributed by atoms with E-state index in [9.17, 15) is 4.79 Å². The molecule has 3 nitrogen and oxygen atoms in total. The smallest absolute Gasteiger partial charge is 0.306 e. The molecule has 1 aliphatic heterocycles. The minimum Gasteiger partial charge on any atom is -0.460 e. The molecule has 19 heavy (non-hydrogen) atoms. The third kappa shape index (κ3) is 3.80. The van der Waals surface area contributed by atoms with Crippen LogP contribution in [0, 0.1) is 5.92 Å². The van der Waals surface area contributed by atoms with E-state index in [1.165, 1.54) is 0 Å². The van der Waals surface area contributed by atoms with Crippen LogP contribution < -0.4 is 0 Å². The summed E-state index contributed by atoms with van der Waals surface area (Å²) in [4.78, 5) is 11.3. The summed E-state index contributed by atoms with van der Waals surface area (Å²) in [5.74, 6) is 0.293. The first-order chi connectivity index (χ1) is 9.20. The van der Waals surface area contributed by atoms with Gasteiger partial charge in [-0.05, 0) is 17.9 Å². The zero-order valence-electron chi connectivity index (χ0n) is 11.7. The van der Waals surface area contributed by atoms with Gasteiger partial charge >= 0.3 is 5.97 Å². The van der Waals surface area contributed by atoms with Gasteiger partial charge in [-0.3, -0.25) is 4.79 Å². The van der Waals surface area contributed by atoms with Crippen molar-refractivity contribution in [2.45, 2.75) is 51.9 Å². The topological polar surface area (TPSA) is 35.5 Å². The molecule has 1 saturated heterocycles. The SMILES string of the molecule is CC[C@@H](C)[C@@H](OCc1ccccc1)[C@@H]1CCC(=O)O1. The van der Waals surface area contributed by atoms with Crippen molar-refractivity contribution in [1.82, 2.24) is 0 Å². The van der Waals surface area contributed by atoms with Gasteiger partial charge < -0.3 is 9.47 Å². The molecule has 0 spiro atoms. The number of esters is 1. The van der Waals surface area contributed by atoms with Crippen molar-refractivity contribution in [3.8, 4) is 0 Å². The van der Waals surface area contributed by atoms with Gasteiger partial charge in [-0.15, -0.1) is 0 Å². The summed E-state index contributed by atoms with van der Waals surface area (Å²) >= 11 is 0. The molecule has 1 aromatic rings. The van der Waals surface area contributed by atoms with Crippen LogP contribution >= 0.6 is 0 Å². The molecule has 0 unspecified atom stereocenters. The number of hydrogen-bond acceptors (Lipinski definition) is 3. The van der Waals surface area contributed by atoms with E-state index in [0.29, 0.717) is 18.9 Å². The lowest BCUT2D eigenvalue weighted by Gasteiger charge is -2.28. The van der Waals surface area contributed by atoms with Crippen LogP contribution in [0.15, 0.2) is 30.3 Å². The molecular weight excluding hydrogens is 240 g/mol. The average Bonchev–Trinajstić information content (AvgIpc) is 2.86. The Morgan fingerprint density at radius 3 is 2.68 bits per heavy atom. The Morgan fingerprint density at radius 1 is 1.37 bits per heavy atom. The largest absolute Gasteiger partial charge is 0.460 e. The first-order valence-electron chi connectivity index (χ1n) is 7.05. The zero-order valence-corrected chi connectivity index (χ0v) is 11.7. The van der Waals surface area contributed by atoms with Crippen LogP contribution in [-0.2, 0) is 20.9 Å². The highest BCUT2D eigenvalue weighted by atomic mass is 16.6. The third-order valence-corrected chi connectivity index (χ3v) is 3.77. The van der Waals surface area contributed by atoms with Crippen LogP contribution in [0.25, 0.3) is 0 Å². The Kier molecular flexibility index (Phi) is 4.97. The summed E-state index contributed by atoms with van der Waals surface area (Å²) in [6, 6.07) is 10.1. The van der Waals surface area contributed by atoms with E-state index in [1.807, 2.05) is 30.3 Å². The van der Waals surface area contributed by atoms with Crippen LogP contribution in [0.5, 0.6) is 0 Å². The summed E-state index contributed by atoms with van der Waals surface area (Å²) in [6.45, 7) is 4.87. The van der Waals surface area contributed by atoms with Gasteiger partial charge in [0.15, 0.2) is 0 Å². The van der Waals surface area contributed by atoms with Gasteiger partial charge in [-0.25, -0.2) is 0 Å². The van der Waals surface area contributed by atoms with Crippen molar-refractivity contribution >= 4 is 5.97 Å². The summed E-state index contributed by atoms with van der Waals surface area (Å²) in [7, 11) is 0. The normalized spacial score (nSPS) is 22.0. The summed E-state index contributed by atoms with van der Waals surface area (Å²) in [5.41, 5.74) is 1.15. The fraction of sp³-hybridized carbons (Fsp3) is 0.562. The lowest BCUT2D eigenvalue weighted by molar-refractivity contribution is -0.150. The molecule has 0 radical (unpaired) electrons. The van der Waals surface area contributed by atoms with Gasteiger partial charge in [0, 0.05) is 6.42 Å². The third-order valence-electron chi connectivity index (χ3n) is 3.77. The van der Waals surface area contributed by atoms with E-state index in [4.69, 9.17) is 9.47 Å². The van der Waals surface area contributed by atoms with E-state index in [0.717, 1.165) is 18.4 Å². The molecule has 0 saturated carbocycles. The summed E-state index contributed by atoms with van der Waals surface area (Å²) < 4.78 is 11.4. The maximum absolute atomic E-state index is 11.3.